The fraction of sp³-hybridized carbons (Fsp3) is 0.375. The molecule has 1 N–H and O–H groups in total. The Labute approximate surface area is 118 Å². The first-order valence-electron chi connectivity index (χ1n) is 6.88. The van der Waals surface area contributed by atoms with Gasteiger partial charge in [0.25, 0.3) is 5.91 Å². The van der Waals surface area contributed by atoms with Crippen LogP contribution in [-0.2, 0) is 4.79 Å². The number of carbonyl (C=O) groups excluding carboxylic acids is 1. The van der Waals surface area contributed by atoms with E-state index in [0.29, 0.717) is 0 Å². The number of nitriles is 1. The minimum atomic E-state index is -0.439. The second kappa shape index (κ2) is 6.85. The Morgan fingerprint density at radius 3 is 2.65 bits per heavy atom. The fourth-order valence-electron chi connectivity index (χ4n) is 2.41. The highest BCUT2D eigenvalue weighted by Crippen LogP contribution is 2.18. The molecule has 1 fully saturated rings. The number of halogens is 1. The maximum Gasteiger partial charge on any atom is 0.262 e. The molecule has 0 bridgehead atoms. The summed E-state index contributed by atoms with van der Waals surface area (Å²) in [4.78, 5) is 12.0. The van der Waals surface area contributed by atoms with Gasteiger partial charge >= 0.3 is 0 Å². The van der Waals surface area contributed by atoms with Gasteiger partial charge in [-0.25, -0.2) is 4.39 Å². The molecule has 20 heavy (non-hydrogen) atoms. The van der Waals surface area contributed by atoms with E-state index in [9.17, 15) is 9.18 Å². The smallest absolute Gasteiger partial charge is 0.262 e. The van der Waals surface area contributed by atoms with E-state index in [1.54, 1.807) is 18.2 Å². The molecule has 1 aromatic carbocycles. The highest BCUT2D eigenvalue weighted by molar-refractivity contribution is 6.01. The highest BCUT2D eigenvalue weighted by atomic mass is 19.1. The van der Waals surface area contributed by atoms with Crippen LogP contribution in [0.5, 0.6) is 0 Å². The zero-order valence-electron chi connectivity index (χ0n) is 11.2. The first-order valence-corrected chi connectivity index (χ1v) is 6.88. The first kappa shape index (κ1) is 14.3. The predicted octanol–water partition coefficient (Wildman–Crippen LogP) is 3.18. The van der Waals surface area contributed by atoms with E-state index in [0.717, 1.165) is 25.7 Å². The normalized spacial score (nSPS) is 16.5. The van der Waals surface area contributed by atoms with Crippen molar-refractivity contribution in [1.82, 2.24) is 5.32 Å². The number of amides is 1. The van der Waals surface area contributed by atoms with E-state index in [1.165, 1.54) is 18.6 Å². The summed E-state index contributed by atoms with van der Waals surface area (Å²) in [6, 6.07) is 8.07. The number of hydrogen-bond acceptors (Lipinski definition) is 2. The lowest BCUT2D eigenvalue weighted by Crippen LogP contribution is -2.36. The average Bonchev–Trinajstić information content (AvgIpc) is 2.47. The SMILES string of the molecule is N#C/C(=C\c1ccccc1F)C(=O)NC1CCCCC1. The number of nitrogens with zero attached hydrogens (tertiary/aromatic N) is 1. The van der Waals surface area contributed by atoms with Gasteiger partial charge in [0.1, 0.15) is 17.5 Å². The van der Waals surface area contributed by atoms with Crippen molar-refractivity contribution in [3.63, 3.8) is 0 Å². The summed E-state index contributed by atoms with van der Waals surface area (Å²) < 4.78 is 13.5. The minimum absolute atomic E-state index is 0.0549. The standard InChI is InChI=1S/C16H17FN2O/c17-15-9-5-4-6-12(15)10-13(11-18)16(20)19-14-7-2-1-3-8-14/h4-6,9-10,14H,1-3,7-8H2,(H,19,20)/b13-10+. The second-order valence-corrected chi connectivity index (χ2v) is 5.00. The van der Waals surface area contributed by atoms with Crippen LogP contribution >= 0.6 is 0 Å². The van der Waals surface area contributed by atoms with Crippen LogP contribution in [0, 0.1) is 17.1 Å². The third-order valence-corrected chi connectivity index (χ3v) is 3.51. The molecule has 0 heterocycles. The Kier molecular flexibility index (Phi) is 4.89. The van der Waals surface area contributed by atoms with Crippen molar-refractivity contribution in [3.8, 4) is 6.07 Å². The monoisotopic (exact) mass is 272 g/mol. The van der Waals surface area contributed by atoms with Crippen LogP contribution in [0.2, 0.25) is 0 Å². The Morgan fingerprint density at radius 1 is 1.30 bits per heavy atom. The van der Waals surface area contributed by atoms with Crippen LogP contribution in [0.15, 0.2) is 29.8 Å². The second-order valence-electron chi connectivity index (χ2n) is 5.00. The van der Waals surface area contributed by atoms with Gasteiger partial charge in [-0.1, -0.05) is 37.5 Å². The molecule has 104 valence electrons. The molecule has 1 aliphatic carbocycles. The van der Waals surface area contributed by atoms with Crippen molar-refractivity contribution in [3.05, 3.63) is 41.2 Å². The van der Waals surface area contributed by atoms with Crippen molar-refractivity contribution >= 4 is 12.0 Å². The molecular formula is C16H17FN2O. The van der Waals surface area contributed by atoms with Crippen LogP contribution in [0.3, 0.4) is 0 Å². The Bertz CT molecular complexity index is 554. The van der Waals surface area contributed by atoms with Gasteiger partial charge in [0, 0.05) is 11.6 Å². The number of rotatable bonds is 3. The van der Waals surface area contributed by atoms with Crippen molar-refractivity contribution in [2.75, 3.05) is 0 Å². The molecule has 0 spiro atoms. The maximum atomic E-state index is 13.5. The number of nitrogens with one attached hydrogen (secondary N) is 1. The summed E-state index contributed by atoms with van der Waals surface area (Å²) in [5, 5.41) is 11.9. The summed E-state index contributed by atoms with van der Waals surface area (Å²) in [5.74, 6) is -0.853. The van der Waals surface area contributed by atoms with Crippen LogP contribution in [-0.4, -0.2) is 11.9 Å². The predicted molar refractivity (Wildman–Crippen MR) is 75.0 cm³/mol. The quantitative estimate of drug-likeness (QED) is 0.678. The van der Waals surface area contributed by atoms with E-state index in [4.69, 9.17) is 5.26 Å². The molecule has 0 atom stereocenters. The van der Waals surface area contributed by atoms with E-state index >= 15 is 0 Å². The largest absolute Gasteiger partial charge is 0.349 e. The number of carbonyl (C=O) groups is 1. The number of hydrogen-bond donors (Lipinski definition) is 1. The molecule has 3 nitrogen and oxygen atoms in total. The lowest BCUT2D eigenvalue weighted by Gasteiger charge is -2.22. The molecule has 0 unspecified atom stereocenters. The molecule has 2 rings (SSSR count). The molecule has 4 heteroatoms. The third-order valence-electron chi connectivity index (χ3n) is 3.51. The van der Waals surface area contributed by atoms with E-state index in [1.807, 2.05) is 6.07 Å². The summed E-state index contributed by atoms with van der Waals surface area (Å²) in [6.45, 7) is 0. The summed E-state index contributed by atoms with van der Waals surface area (Å²) in [7, 11) is 0. The molecule has 0 saturated heterocycles. The highest BCUT2D eigenvalue weighted by Gasteiger charge is 2.18. The van der Waals surface area contributed by atoms with Crippen molar-refractivity contribution in [2.24, 2.45) is 0 Å². The van der Waals surface area contributed by atoms with Gasteiger partial charge in [-0.3, -0.25) is 4.79 Å². The Balaban J connectivity index is 2.09. The number of benzene rings is 1. The van der Waals surface area contributed by atoms with Crippen molar-refractivity contribution < 1.29 is 9.18 Å². The molecule has 1 aromatic rings. The third kappa shape index (κ3) is 3.67. The van der Waals surface area contributed by atoms with Crippen LogP contribution < -0.4 is 5.32 Å². The molecule has 0 radical (unpaired) electrons. The van der Waals surface area contributed by atoms with Gasteiger partial charge in [-0.2, -0.15) is 5.26 Å². The zero-order chi connectivity index (χ0) is 14.4. The van der Waals surface area contributed by atoms with Gasteiger partial charge < -0.3 is 5.32 Å². The topological polar surface area (TPSA) is 52.9 Å². The van der Waals surface area contributed by atoms with Crippen molar-refractivity contribution in [2.45, 2.75) is 38.1 Å². The van der Waals surface area contributed by atoms with Gasteiger partial charge in [-0.05, 0) is 25.0 Å². The van der Waals surface area contributed by atoms with E-state index < -0.39 is 11.7 Å². The average molecular weight is 272 g/mol. The van der Waals surface area contributed by atoms with Gasteiger partial charge in [0.05, 0.1) is 0 Å². The zero-order valence-corrected chi connectivity index (χ0v) is 11.2. The maximum absolute atomic E-state index is 13.5. The summed E-state index contributed by atoms with van der Waals surface area (Å²) >= 11 is 0. The van der Waals surface area contributed by atoms with E-state index in [2.05, 4.69) is 5.32 Å². The lowest BCUT2D eigenvalue weighted by molar-refractivity contribution is -0.117. The van der Waals surface area contributed by atoms with Crippen LogP contribution in [0.4, 0.5) is 4.39 Å². The Hall–Kier alpha value is -2.15. The minimum Gasteiger partial charge on any atom is -0.349 e. The lowest BCUT2D eigenvalue weighted by atomic mass is 9.95. The molecule has 1 amide bonds. The van der Waals surface area contributed by atoms with E-state index in [-0.39, 0.29) is 17.2 Å². The van der Waals surface area contributed by atoms with Crippen LogP contribution in [0.1, 0.15) is 37.7 Å². The van der Waals surface area contributed by atoms with Gasteiger partial charge in [-0.15, -0.1) is 0 Å². The van der Waals surface area contributed by atoms with Gasteiger partial charge in [0.15, 0.2) is 0 Å². The molecule has 0 aromatic heterocycles. The molecule has 0 aliphatic heterocycles. The molecule has 1 aliphatic rings. The molecule has 1 saturated carbocycles. The molecular weight excluding hydrogens is 255 g/mol. The first-order chi connectivity index (χ1) is 9.70. The fourth-order valence-corrected chi connectivity index (χ4v) is 2.41. The summed E-state index contributed by atoms with van der Waals surface area (Å²) in [6.07, 6.45) is 6.60. The Morgan fingerprint density at radius 2 is 2.00 bits per heavy atom. The van der Waals surface area contributed by atoms with Gasteiger partial charge in [0.2, 0.25) is 0 Å². The van der Waals surface area contributed by atoms with Crippen LogP contribution in [0.25, 0.3) is 6.08 Å². The summed E-state index contributed by atoms with van der Waals surface area (Å²) in [5.41, 5.74) is 0.198. The van der Waals surface area contributed by atoms with Crippen molar-refractivity contribution in [1.29, 1.82) is 5.26 Å².